The van der Waals surface area contributed by atoms with E-state index in [4.69, 9.17) is 0 Å². The van der Waals surface area contributed by atoms with Gasteiger partial charge in [-0.25, -0.2) is 0 Å². The zero-order valence-electron chi connectivity index (χ0n) is 11.3. The lowest BCUT2D eigenvalue weighted by molar-refractivity contribution is 0.378. The SMILES string of the molecule is CNC(C)C1CCCCN1c1cncc2nnnn12. The first-order chi connectivity index (χ1) is 9.31. The van der Waals surface area contributed by atoms with Crippen LogP contribution in [0.1, 0.15) is 26.2 Å². The second-order valence-electron chi connectivity index (χ2n) is 5.05. The predicted octanol–water partition coefficient (Wildman–Crippen LogP) is 0.486. The minimum Gasteiger partial charge on any atom is -0.351 e. The third-order valence-corrected chi connectivity index (χ3v) is 3.97. The molecule has 1 fully saturated rings. The second kappa shape index (κ2) is 5.08. The number of anilines is 1. The highest BCUT2D eigenvalue weighted by atomic mass is 15.5. The van der Waals surface area contributed by atoms with Gasteiger partial charge in [-0.3, -0.25) is 4.98 Å². The summed E-state index contributed by atoms with van der Waals surface area (Å²) in [5.41, 5.74) is 0.693. The molecule has 0 saturated carbocycles. The van der Waals surface area contributed by atoms with Gasteiger partial charge in [0.05, 0.1) is 12.4 Å². The molecule has 2 atom stereocenters. The lowest BCUT2D eigenvalue weighted by Crippen LogP contribution is -2.51. The van der Waals surface area contributed by atoms with Gasteiger partial charge in [-0.05, 0) is 43.7 Å². The van der Waals surface area contributed by atoms with Gasteiger partial charge in [0.1, 0.15) is 0 Å². The molecule has 7 nitrogen and oxygen atoms in total. The molecule has 0 spiro atoms. The fraction of sp³-hybridized carbons (Fsp3) is 0.667. The second-order valence-corrected chi connectivity index (χ2v) is 5.05. The Morgan fingerprint density at radius 1 is 1.37 bits per heavy atom. The molecule has 1 saturated heterocycles. The lowest BCUT2D eigenvalue weighted by atomic mass is 9.96. The maximum Gasteiger partial charge on any atom is 0.199 e. The van der Waals surface area contributed by atoms with Crippen LogP contribution in [0.3, 0.4) is 0 Å². The third kappa shape index (κ3) is 2.14. The van der Waals surface area contributed by atoms with Crippen LogP contribution in [0.4, 0.5) is 5.82 Å². The van der Waals surface area contributed by atoms with Crippen molar-refractivity contribution in [1.82, 2.24) is 30.3 Å². The number of aromatic nitrogens is 5. The Bertz CT molecular complexity index is 552. The summed E-state index contributed by atoms with van der Waals surface area (Å²) in [6.07, 6.45) is 7.19. The van der Waals surface area contributed by atoms with Crippen LogP contribution >= 0.6 is 0 Å². The van der Waals surface area contributed by atoms with E-state index in [0.29, 0.717) is 17.7 Å². The van der Waals surface area contributed by atoms with Gasteiger partial charge < -0.3 is 10.2 Å². The summed E-state index contributed by atoms with van der Waals surface area (Å²) in [4.78, 5) is 6.63. The normalized spacial score (nSPS) is 21.8. The smallest absolute Gasteiger partial charge is 0.199 e. The van der Waals surface area contributed by atoms with E-state index < -0.39 is 0 Å². The number of nitrogens with zero attached hydrogens (tertiary/aromatic N) is 6. The van der Waals surface area contributed by atoms with E-state index in [-0.39, 0.29) is 0 Å². The molecule has 3 rings (SSSR count). The van der Waals surface area contributed by atoms with E-state index in [9.17, 15) is 0 Å². The molecule has 0 aliphatic carbocycles. The van der Waals surface area contributed by atoms with Crippen LogP contribution in [0.5, 0.6) is 0 Å². The van der Waals surface area contributed by atoms with Gasteiger partial charge in [-0.2, -0.15) is 4.52 Å². The van der Waals surface area contributed by atoms with Gasteiger partial charge >= 0.3 is 0 Å². The molecule has 7 heteroatoms. The summed E-state index contributed by atoms with van der Waals surface area (Å²) in [7, 11) is 2.01. The number of hydrogen-bond acceptors (Lipinski definition) is 6. The Morgan fingerprint density at radius 2 is 2.26 bits per heavy atom. The molecule has 0 aromatic carbocycles. The minimum atomic E-state index is 0.423. The quantitative estimate of drug-likeness (QED) is 0.867. The molecule has 0 amide bonds. The van der Waals surface area contributed by atoms with Crippen molar-refractivity contribution in [2.45, 2.75) is 38.3 Å². The summed E-state index contributed by atoms with van der Waals surface area (Å²) in [6, 6.07) is 0.877. The Balaban J connectivity index is 2.00. The van der Waals surface area contributed by atoms with Gasteiger partial charge in [-0.15, -0.1) is 5.10 Å². The van der Waals surface area contributed by atoms with Crippen molar-refractivity contribution < 1.29 is 0 Å². The highest BCUT2D eigenvalue weighted by Gasteiger charge is 2.28. The average Bonchev–Trinajstić information content (AvgIpc) is 2.94. The van der Waals surface area contributed by atoms with Crippen molar-refractivity contribution in [2.24, 2.45) is 0 Å². The largest absolute Gasteiger partial charge is 0.351 e. The van der Waals surface area contributed by atoms with Gasteiger partial charge in [-0.1, -0.05) is 0 Å². The van der Waals surface area contributed by atoms with E-state index in [1.165, 1.54) is 19.3 Å². The first-order valence-electron chi connectivity index (χ1n) is 6.77. The van der Waals surface area contributed by atoms with Crippen molar-refractivity contribution in [3.63, 3.8) is 0 Å². The molecule has 3 heterocycles. The summed E-state index contributed by atoms with van der Waals surface area (Å²) in [5.74, 6) is 0.981. The number of tetrazole rings is 1. The van der Waals surface area contributed by atoms with Crippen LogP contribution in [-0.2, 0) is 0 Å². The number of rotatable bonds is 3. The maximum atomic E-state index is 4.25. The molecule has 102 valence electrons. The highest BCUT2D eigenvalue weighted by Crippen LogP contribution is 2.25. The van der Waals surface area contributed by atoms with E-state index >= 15 is 0 Å². The van der Waals surface area contributed by atoms with Crippen LogP contribution in [-0.4, -0.2) is 50.7 Å². The van der Waals surface area contributed by atoms with E-state index in [1.807, 2.05) is 13.2 Å². The van der Waals surface area contributed by atoms with Crippen LogP contribution in [0.25, 0.3) is 5.65 Å². The summed E-state index contributed by atoms with van der Waals surface area (Å²) in [5, 5.41) is 15.1. The topological polar surface area (TPSA) is 71.2 Å². The number of piperidine rings is 1. The molecule has 2 unspecified atom stereocenters. The van der Waals surface area contributed by atoms with Gasteiger partial charge in [0, 0.05) is 18.6 Å². The van der Waals surface area contributed by atoms with Crippen molar-refractivity contribution in [3.05, 3.63) is 12.4 Å². The average molecular weight is 261 g/mol. The molecule has 2 aromatic heterocycles. The van der Waals surface area contributed by atoms with Crippen molar-refractivity contribution in [2.75, 3.05) is 18.5 Å². The van der Waals surface area contributed by atoms with Crippen LogP contribution in [0, 0.1) is 0 Å². The van der Waals surface area contributed by atoms with Gasteiger partial charge in [0.2, 0.25) is 0 Å². The van der Waals surface area contributed by atoms with E-state index in [0.717, 1.165) is 12.4 Å². The number of nitrogens with one attached hydrogen (secondary N) is 1. The number of likely N-dealkylation sites (N-methyl/N-ethyl adjacent to an activating group) is 1. The fourth-order valence-electron chi connectivity index (χ4n) is 2.81. The third-order valence-electron chi connectivity index (χ3n) is 3.97. The Labute approximate surface area is 112 Å². The van der Waals surface area contributed by atoms with Crippen molar-refractivity contribution in [3.8, 4) is 0 Å². The van der Waals surface area contributed by atoms with Crippen molar-refractivity contribution in [1.29, 1.82) is 0 Å². The van der Waals surface area contributed by atoms with Gasteiger partial charge in [0.25, 0.3) is 0 Å². The first kappa shape index (κ1) is 12.3. The molecule has 19 heavy (non-hydrogen) atoms. The number of fused-ring (bicyclic) bond motifs is 1. The summed E-state index contributed by atoms with van der Waals surface area (Å²) < 4.78 is 1.77. The monoisotopic (exact) mass is 261 g/mol. The van der Waals surface area contributed by atoms with E-state index in [2.05, 4.69) is 37.6 Å². The zero-order valence-corrected chi connectivity index (χ0v) is 11.3. The van der Waals surface area contributed by atoms with E-state index in [1.54, 1.807) is 10.7 Å². The molecule has 1 N–H and O–H groups in total. The maximum absolute atomic E-state index is 4.25. The molecule has 0 bridgehead atoms. The fourth-order valence-corrected chi connectivity index (χ4v) is 2.81. The Morgan fingerprint density at radius 3 is 3.11 bits per heavy atom. The van der Waals surface area contributed by atoms with Crippen LogP contribution < -0.4 is 10.2 Å². The first-order valence-corrected chi connectivity index (χ1v) is 6.77. The molecule has 1 aliphatic heterocycles. The zero-order chi connectivity index (χ0) is 13.2. The molecule has 2 aromatic rings. The molecular weight excluding hydrogens is 242 g/mol. The Kier molecular flexibility index (Phi) is 3.29. The Hall–Kier alpha value is -1.76. The molecule has 0 radical (unpaired) electrons. The van der Waals surface area contributed by atoms with Crippen LogP contribution in [0.15, 0.2) is 12.4 Å². The minimum absolute atomic E-state index is 0.423. The summed E-state index contributed by atoms with van der Waals surface area (Å²) >= 11 is 0. The van der Waals surface area contributed by atoms with Gasteiger partial charge in [0.15, 0.2) is 11.5 Å². The lowest BCUT2D eigenvalue weighted by Gasteiger charge is -2.40. The number of hydrogen-bond donors (Lipinski definition) is 1. The predicted molar refractivity (Wildman–Crippen MR) is 72.1 cm³/mol. The summed E-state index contributed by atoms with van der Waals surface area (Å²) in [6.45, 7) is 3.24. The standard InChI is InChI=1S/C12H19N7/c1-9(13-2)10-5-3-4-6-18(10)12-8-14-7-11-15-16-17-19(11)12/h7-10,13H,3-6H2,1-2H3. The molecule has 1 aliphatic rings. The van der Waals surface area contributed by atoms with Crippen molar-refractivity contribution >= 4 is 11.5 Å². The molecular formula is C12H19N7. The highest BCUT2D eigenvalue weighted by molar-refractivity contribution is 5.47. The van der Waals surface area contributed by atoms with Crippen LogP contribution in [0.2, 0.25) is 0 Å².